The van der Waals surface area contributed by atoms with Crippen LogP contribution in [0, 0.1) is 0 Å². The van der Waals surface area contributed by atoms with E-state index in [1.165, 1.54) is 231 Å². The summed E-state index contributed by atoms with van der Waals surface area (Å²) in [7, 11) is 1.44. The first kappa shape index (κ1) is 79.5. The van der Waals surface area contributed by atoms with Crippen LogP contribution in [0.4, 0.5) is 0 Å². The highest BCUT2D eigenvalue weighted by Gasteiger charge is 2.27. The molecule has 2 unspecified atom stereocenters. The molecule has 0 aliphatic heterocycles. The molecule has 1 N–H and O–H groups in total. The molecule has 0 aliphatic carbocycles. The highest BCUT2D eigenvalue weighted by atomic mass is 31.2. The van der Waals surface area contributed by atoms with E-state index < -0.39 is 26.5 Å². The maximum absolute atomic E-state index is 12.8. The molecule has 0 aromatic carbocycles. The average molecular weight is 1170 g/mol. The van der Waals surface area contributed by atoms with Crippen molar-refractivity contribution in [2.75, 3.05) is 47.5 Å². The number of hydrogen-bond donors (Lipinski definition) is 1. The molecule has 82 heavy (non-hydrogen) atoms. The van der Waals surface area contributed by atoms with Crippen LogP contribution in [0.2, 0.25) is 0 Å². The molecule has 10 heteroatoms. The number of nitrogens with zero attached hydrogens (tertiary/aromatic N) is 1. The standard InChI is InChI=1S/C72H132NO8P/c1-6-8-10-12-14-16-18-20-22-24-25-26-27-28-29-30-31-32-33-34-35-36-37-38-39-40-41-42-43-44-45-46-47-49-50-52-54-56-58-60-62-64-71(74)78-68-70(69-80-82(76,77)79-67-66-73(3,4)5)81-72(75)65-63-61-59-57-55-53-51-48-23-21-19-17-15-13-11-9-7-2/h9,11,15,17,21,23-25,51,53,57,59,70H,6-8,10,12-14,16,18-20,22,26-50,52,54-56,58,60-69H2,1-5H3/p+1/b11-9-,17-15-,23-21-,25-24-,53-51-,59-57-. The molecule has 0 saturated heterocycles. The van der Waals surface area contributed by atoms with Crippen LogP contribution < -0.4 is 0 Å². The number of carbonyl (C=O) groups excluding carboxylic acids is 2. The second-order valence-corrected chi connectivity index (χ2v) is 26.0. The van der Waals surface area contributed by atoms with Crippen molar-refractivity contribution in [1.29, 1.82) is 0 Å². The van der Waals surface area contributed by atoms with Crippen LogP contribution in [-0.4, -0.2) is 74.9 Å². The predicted octanol–water partition coefficient (Wildman–Crippen LogP) is 22.4. The minimum Gasteiger partial charge on any atom is -0.462 e. The molecule has 0 amide bonds. The summed E-state index contributed by atoms with van der Waals surface area (Å²) in [6.07, 6.45) is 84.9. The van der Waals surface area contributed by atoms with Crippen molar-refractivity contribution in [2.24, 2.45) is 0 Å². The van der Waals surface area contributed by atoms with Gasteiger partial charge in [-0.3, -0.25) is 18.6 Å². The molecule has 0 saturated carbocycles. The molecule has 478 valence electrons. The summed E-state index contributed by atoms with van der Waals surface area (Å²) in [5, 5.41) is 0. The van der Waals surface area contributed by atoms with Gasteiger partial charge in [0, 0.05) is 12.8 Å². The van der Waals surface area contributed by atoms with Gasteiger partial charge in [-0.1, -0.05) is 305 Å². The SMILES string of the molecule is CC/C=C\C/C=C\C/C=C\C/C=C\C/C=C\CCCC(=O)OC(COC(=O)CCCCCCCCCCCCCCCCCCCCCCCCCCCCCCC/C=C\CCCCCCCCCC)COP(=O)(O)OCC[N+](C)(C)C. The molecule has 0 aliphatic rings. The zero-order chi connectivity index (χ0) is 59.8. The van der Waals surface area contributed by atoms with Crippen molar-refractivity contribution in [1.82, 2.24) is 0 Å². The number of rotatable bonds is 64. The van der Waals surface area contributed by atoms with E-state index in [4.69, 9.17) is 18.5 Å². The number of ether oxygens (including phenoxy) is 2. The van der Waals surface area contributed by atoms with Crippen molar-refractivity contribution in [3.05, 3.63) is 72.9 Å². The predicted molar refractivity (Wildman–Crippen MR) is 353 cm³/mol. The van der Waals surface area contributed by atoms with Gasteiger partial charge in [0.05, 0.1) is 27.7 Å². The van der Waals surface area contributed by atoms with Crippen LogP contribution in [0.25, 0.3) is 0 Å². The lowest BCUT2D eigenvalue weighted by molar-refractivity contribution is -0.870. The molecular formula is C72H133NO8P+. The monoisotopic (exact) mass is 1170 g/mol. The molecule has 0 aromatic rings. The Labute approximate surface area is 508 Å². The third-order valence-electron chi connectivity index (χ3n) is 15.2. The quantitative estimate of drug-likeness (QED) is 0.0211. The lowest BCUT2D eigenvalue weighted by Crippen LogP contribution is -2.37. The minimum atomic E-state index is -4.40. The van der Waals surface area contributed by atoms with Gasteiger partial charge in [0.2, 0.25) is 0 Å². The third kappa shape index (κ3) is 66.6. The van der Waals surface area contributed by atoms with E-state index in [1.54, 1.807) is 0 Å². The number of phosphoric ester groups is 1. The Morgan fingerprint density at radius 1 is 0.390 bits per heavy atom. The van der Waals surface area contributed by atoms with Gasteiger partial charge < -0.3 is 18.9 Å². The molecule has 0 bridgehead atoms. The van der Waals surface area contributed by atoms with Crippen LogP contribution in [0.15, 0.2) is 72.9 Å². The van der Waals surface area contributed by atoms with E-state index in [0.717, 1.165) is 51.4 Å². The van der Waals surface area contributed by atoms with Gasteiger partial charge in [0.25, 0.3) is 0 Å². The minimum absolute atomic E-state index is 0.0196. The lowest BCUT2D eigenvalue weighted by Gasteiger charge is -2.24. The van der Waals surface area contributed by atoms with Crippen molar-refractivity contribution in [3.63, 3.8) is 0 Å². The van der Waals surface area contributed by atoms with Gasteiger partial charge in [-0.15, -0.1) is 0 Å². The van der Waals surface area contributed by atoms with Gasteiger partial charge in [-0.05, 0) is 77.0 Å². The summed E-state index contributed by atoms with van der Waals surface area (Å²) in [4.78, 5) is 35.7. The van der Waals surface area contributed by atoms with Gasteiger partial charge >= 0.3 is 19.8 Å². The van der Waals surface area contributed by atoms with Crippen LogP contribution in [0.3, 0.4) is 0 Å². The van der Waals surface area contributed by atoms with Gasteiger partial charge in [-0.25, -0.2) is 4.57 Å². The van der Waals surface area contributed by atoms with E-state index in [2.05, 4.69) is 86.8 Å². The number of carbonyl (C=O) groups is 2. The fourth-order valence-corrected chi connectivity index (χ4v) is 10.7. The molecule has 0 rings (SSSR count). The molecule has 2 atom stereocenters. The average Bonchev–Trinajstić information content (AvgIpc) is 3.46. The van der Waals surface area contributed by atoms with Crippen molar-refractivity contribution in [2.45, 2.75) is 328 Å². The van der Waals surface area contributed by atoms with Crippen LogP contribution >= 0.6 is 7.82 Å². The maximum atomic E-state index is 12.8. The fraction of sp³-hybridized carbons (Fsp3) is 0.806. The van der Waals surface area contributed by atoms with Crippen LogP contribution in [0.1, 0.15) is 322 Å². The van der Waals surface area contributed by atoms with E-state index in [1.807, 2.05) is 21.1 Å². The molecule has 9 nitrogen and oxygen atoms in total. The van der Waals surface area contributed by atoms with Crippen molar-refractivity contribution < 1.29 is 42.1 Å². The van der Waals surface area contributed by atoms with Gasteiger partial charge in [0.15, 0.2) is 6.10 Å². The lowest BCUT2D eigenvalue weighted by atomic mass is 10.0. The normalized spacial score (nSPS) is 13.6. The Morgan fingerprint density at radius 2 is 0.707 bits per heavy atom. The van der Waals surface area contributed by atoms with Gasteiger partial charge in [-0.2, -0.15) is 0 Å². The zero-order valence-corrected chi connectivity index (χ0v) is 55.4. The number of hydrogen-bond acceptors (Lipinski definition) is 7. The maximum Gasteiger partial charge on any atom is 0.472 e. The Bertz CT molecular complexity index is 1610. The summed E-state index contributed by atoms with van der Waals surface area (Å²) in [6.45, 7) is 4.28. The Hall–Kier alpha value is -2.55. The zero-order valence-electron chi connectivity index (χ0n) is 54.5. The largest absolute Gasteiger partial charge is 0.472 e. The van der Waals surface area contributed by atoms with E-state index in [-0.39, 0.29) is 32.0 Å². The molecule has 0 heterocycles. The number of unbranched alkanes of at least 4 members (excludes halogenated alkanes) is 38. The second kappa shape index (κ2) is 63.0. The second-order valence-electron chi connectivity index (χ2n) is 24.5. The van der Waals surface area contributed by atoms with E-state index >= 15 is 0 Å². The highest BCUT2D eigenvalue weighted by Crippen LogP contribution is 2.43. The molecule has 0 radical (unpaired) electrons. The number of esters is 2. The van der Waals surface area contributed by atoms with E-state index in [9.17, 15) is 19.0 Å². The summed E-state index contributed by atoms with van der Waals surface area (Å²) in [5.74, 6) is -0.858. The van der Waals surface area contributed by atoms with Crippen LogP contribution in [-0.2, 0) is 32.7 Å². The first-order valence-electron chi connectivity index (χ1n) is 34.7. The Kier molecular flexibility index (Phi) is 61.0. The topological polar surface area (TPSA) is 108 Å². The molecule has 0 aromatic heterocycles. The number of allylic oxidation sites excluding steroid dienone is 12. The Balaban J connectivity index is 3.89. The third-order valence-corrected chi connectivity index (χ3v) is 16.2. The van der Waals surface area contributed by atoms with E-state index in [0.29, 0.717) is 23.9 Å². The van der Waals surface area contributed by atoms with Gasteiger partial charge in [0.1, 0.15) is 19.8 Å². The van der Waals surface area contributed by atoms with Crippen molar-refractivity contribution >= 4 is 19.8 Å². The number of likely N-dealkylation sites (N-methyl/N-ethyl adjacent to an activating group) is 1. The Morgan fingerprint density at radius 3 is 1.09 bits per heavy atom. The highest BCUT2D eigenvalue weighted by molar-refractivity contribution is 7.47. The summed E-state index contributed by atoms with van der Waals surface area (Å²) in [6, 6.07) is 0. The van der Waals surface area contributed by atoms with Crippen molar-refractivity contribution in [3.8, 4) is 0 Å². The summed E-state index contributed by atoms with van der Waals surface area (Å²) in [5.41, 5.74) is 0. The molecular weight excluding hydrogens is 1040 g/mol. The van der Waals surface area contributed by atoms with Crippen LogP contribution in [0.5, 0.6) is 0 Å². The summed E-state index contributed by atoms with van der Waals surface area (Å²) < 4.78 is 34.5. The first-order chi connectivity index (χ1) is 40.0. The smallest absolute Gasteiger partial charge is 0.462 e. The first-order valence-corrected chi connectivity index (χ1v) is 36.2. The number of quaternary nitrogens is 1. The fourth-order valence-electron chi connectivity index (χ4n) is 9.93. The molecule has 0 spiro atoms. The summed E-state index contributed by atoms with van der Waals surface area (Å²) >= 11 is 0. The molecule has 0 fully saturated rings. The number of phosphoric acid groups is 1.